The average molecular weight is 339 g/mol. The molecular weight excluding hydrogens is 322 g/mol. The van der Waals surface area contributed by atoms with Gasteiger partial charge in [0, 0.05) is 24.4 Å². The van der Waals surface area contributed by atoms with E-state index in [2.05, 4.69) is 0 Å². The average Bonchev–Trinajstić information content (AvgIpc) is 2.67. The van der Waals surface area contributed by atoms with Gasteiger partial charge in [-0.15, -0.1) is 0 Å². The monoisotopic (exact) mass is 339 g/mol. The van der Waals surface area contributed by atoms with Gasteiger partial charge in [-0.2, -0.15) is 0 Å². The second-order valence-electron chi connectivity index (χ2n) is 5.30. The van der Waals surface area contributed by atoms with E-state index in [4.69, 9.17) is 14.2 Å². The molecule has 1 heterocycles. The van der Waals surface area contributed by atoms with Crippen LogP contribution in [0.2, 0.25) is 0 Å². The van der Waals surface area contributed by atoms with Crippen molar-refractivity contribution in [3.63, 3.8) is 0 Å². The highest BCUT2D eigenvalue weighted by atomic mass is 16.7. The number of esters is 1. The van der Waals surface area contributed by atoms with E-state index < -0.39 is 5.97 Å². The summed E-state index contributed by atoms with van der Waals surface area (Å²) in [4.78, 5) is 24.5. The van der Waals surface area contributed by atoms with Crippen molar-refractivity contribution in [1.82, 2.24) is 4.57 Å². The van der Waals surface area contributed by atoms with Gasteiger partial charge in [0.2, 0.25) is 5.43 Å². The van der Waals surface area contributed by atoms with Crippen molar-refractivity contribution in [3.8, 4) is 11.4 Å². The van der Waals surface area contributed by atoms with Crippen LogP contribution in [-0.2, 0) is 9.47 Å². The van der Waals surface area contributed by atoms with E-state index in [9.17, 15) is 9.59 Å². The number of carbonyl (C=O) groups excluding carboxylic acids is 1. The molecule has 0 fully saturated rings. The Labute approximate surface area is 144 Å². The molecule has 0 aliphatic carbocycles. The highest BCUT2D eigenvalue weighted by molar-refractivity contribution is 5.94. The number of hydrogen-bond donors (Lipinski definition) is 0. The zero-order valence-corrected chi connectivity index (χ0v) is 13.9. The summed E-state index contributed by atoms with van der Waals surface area (Å²) in [7, 11) is 2.80. The molecule has 0 amide bonds. The highest BCUT2D eigenvalue weighted by Gasteiger charge is 2.16. The Morgan fingerprint density at radius 2 is 1.76 bits per heavy atom. The van der Waals surface area contributed by atoms with E-state index >= 15 is 0 Å². The first-order chi connectivity index (χ1) is 12.2. The standard InChI is InChI=1S/C19H17NO5/c1-23-12-25-14-9-7-13(8-10-14)20-11-16(19(22)24-2)18(21)15-5-3-4-6-17(15)20/h3-11H,12H2,1-2H3. The molecule has 0 N–H and O–H groups in total. The van der Waals surface area contributed by atoms with Gasteiger partial charge in [0.05, 0.1) is 12.6 Å². The van der Waals surface area contributed by atoms with E-state index in [1.165, 1.54) is 13.3 Å². The molecular formula is C19H17NO5. The Hall–Kier alpha value is -3.12. The molecule has 3 rings (SSSR count). The Balaban J connectivity index is 2.16. The summed E-state index contributed by atoms with van der Waals surface area (Å²) in [5, 5.41) is 0.449. The van der Waals surface area contributed by atoms with Crippen molar-refractivity contribution in [2.75, 3.05) is 21.0 Å². The van der Waals surface area contributed by atoms with Crippen LogP contribution in [0.25, 0.3) is 16.6 Å². The summed E-state index contributed by atoms with van der Waals surface area (Å²) < 4.78 is 16.8. The normalized spacial score (nSPS) is 10.6. The highest BCUT2D eigenvalue weighted by Crippen LogP contribution is 2.20. The fraction of sp³-hybridized carbons (Fsp3) is 0.158. The maximum Gasteiger partial charge on any atom is 0.343 e. The predicted molar refractivity (Wildman–Crippen MR) is 93.4 cm³/mol. The van der Waals surface area contributed by atoms with Crippen molar-refractivity contribution in [2.24, 2.45) is 0 Å². The molecule has 2 aromatic carbocycles. The summed E-state index contributed by atoms with van der Waals surface area (Å²) in [6, 6.07) is 14.4. The number of fused-ring (bicyclic) bond motifs is 1. The Morgan fingerprint density at radius 3 is 2.44 bits per heavy atom. The number of carbonyl (C=O) groups is 1. The quantitative estimate of drug-likeness (QED) is 0.528. The van der Waals surface area contributed by atoms with Crippen molar-refractivity contribution < 1.29 is 19.0 Å². The van der Waals surface area contributed by atoms with Crippen LogP contribution in [0, 0.1) is 0 Å². The summed E-state index contributed by atoms with van der Waals surface area (Å²) in [5.41, 5.74) is 1.12. The summed E-state index contributed by atoms with van der Waals surface area (Å²) in [6.45, 7) is 0.160. The Morgan fingerprint density at radius 1 is 1.04 bits per heavy atom. The fourth-order valence-electron chi connectivity index (χ4n) is 2.58. The van der Waals surface area contributed by atoms with Gasteiger partial charge >= 0.3 is 5.97 Å². The minimum atomic E-state index is -0.662. The molecule has 0 aliphatic rings. The Kier molecular flexibility index (Phi) is 4.81. The third-order valence-corrected chi connectivity index (χ3v) is 3.77. The minimum absolute atomic E-state index is 0.0130. The molecule has 3 aromatic rings. The molecule has 0 aliphatic heterocycles. The molecule has 0 atom stereocenters. The van der Waals surface area contributed by atoms with Crippen LogP contribution in [-0.4, -0.2) is 31.5 Å². The van der Waals surface area contributed by atoms with E-state index in [0.29, 0.717) is 16.7 Å². The number of para-hydroxylation sites is 1. The zero-order chi connectivity index (χ0) is 17.8. The van der Waals surface area contributed by atoms with E-state index in [0.717, 1.165) is 5.69 Å². The lowest BCUT2D eigenvalue weighted by atomic mass is 10.1. The van der Waals surface area contributed by atoms with Crippen LogP contribution >= 0.6 is 0 Å². The second-order valence-corrected chi connectivity index (χ2v) is 5.30. The first kappa shape index (κ1) is 16.7. The SMILES string of the molecule is COCOc1ccc(-n2cc(C(=O)OC)c(=O)c3ccccc32)cc1. The zero-order valence-electron chi connectivity index (χ0n) is 13.9. The largest absolute Gasteiger partial charge is 0.468 e. The summed E-state index contributed by atoms with van der Waals surface area (Å²) in [6.07, 6.45) is 1.50. The third kappa shape index (κ3) is 3.25. The van der Waals surface area contributed by atoms with E-state index in [-0.39, 0.29) is 17.8 Å². The molecule has 0 unspecified atom stereocenters. The molecule has 0 spiro atoms. The minimum Gasteiger partial charge on any atom is -0.468 e. The van der Waals surface area contributed by atoms with Crippen molar-refractivity contribution in [1.29, 1.82) is 0 Å². The second kappa shape index (κ2) is 7.19. The van der Waals surface area contributed by atoms with Crippen LogP contribution in [0.5, 0.6) is 5.75 Å². The van der Waals surface area contributed by atoms with Crippen LogP contribution in [0.4, 0.5) is 0 Å². The van der Waals surface area contributed by atoms with Gasteiger partial charge in [0.25, 0.3) is 0 Å². The third-order valence-electron chi connectivity index (χ3n) is 3.77. The van der Waals surface area contributed by atoms with Gasteiger partial charge in [-0.25, -0.2) is 4.79 Å². The van der Waals surface area contributed by atoms with Crippen LogP contribution in [0.15, 0.2) is 59.5 Å². The van der Waals surface area contributed by atoms with Gasteiger partial charge in [0.1, 0.15) is 11.3 Å². The molecule has 1 aromatic heterocycles. The van der Waals surface area contributed by atoms with Crippen molar-refractivity contribution in [2.45, 2.75) is 0 Å². The molecule has 0 saturated heterocycles. The van der Waals surface area contributed by atoms with Crippen molar-refractivity contribution >= 4 is 16.9 Å². The lowest BCUT2D eigenvalue weighted by molar-refractivity contribution is 0.0511. The lowest BCUT2D eigenvalue weighted by Crippen LogP contribution is -2.19. The molecule has 25 heavy (non-hydrogen) atoms. The Bertz CT molecular complexity index is 960. The van der Waals surface area contributed by atoms with Crippen LogP contribution in [0.1, 0.15) is 10.4 Å². The maximum atomic E-state index is 12.5. The molecule has 0 saturated carbocycles. The van der Waals surface area contributed by atoms with E-state index in [1.807, 2.05) is 24.3 Å². The summed E-state index contributed by atoms with van der Waals surface area (Å²) >= 11 is 0. The van der Waals surface area contributed by atoms with Gasteiger partial charge in [-0.1, -0.05) is 12.1 Å². The van der Waals surface area contributed by atoms with E-state index in [1.54, 1.807) is 35.9 Å². The molecule has 0 radical (unpaired) electrons. The fourth-order valence-corrected chi connectivity index (χ4v) is 2.58. The van der Waals surface area contributed by atoms with Gasteiger partial charge in [-0.05, 0) is 36.4 Å². The number of benzene rings is 2. The van der Waals surface area contributed by atoms with Crippen LogP contribution < -0.4 is 10.2 Å². The number of hydrogen-bond acceptors (Lipinski definition) is 5. The first-order valence-corrected chi connectivity index (χ1v) is 7.60. The number of nitrogens with zero attached hydrogens (tertiary/aromatic N) is 1. The number of ether oxygens (including phenoxy) is 3. The predicted octanol–water partition coefficient (Wildman–Crippen LogP) is 2.76. The number of aromatic nitrogens is 1. The first-order valence-electron chi connectivity index (χ1n) is 7.60. The van der Waals surface area contributed by atoms with Crippen LogP contribution in [0.3, 0.4) is 0 Å². The smallest absolute Gasteiger partial charge is 0.343 e. The van der Waals surface area contributed by atoms with Gasteiger partial charge < -0.3 is 18.8 Å². The number of pyridine rings is 1. The summed E-state index contributed by atoms with van der Waals surface area (Å²) in [5.74, 6) is -0.00584. The molecule has 0 bridgehead atoms. The lowest BCUT2D eigenvalue weighted by Gasteiger charge is -2.13. The number of rotatable bonds is 5. The maximum absolute atomic E-state index is 12.5. The van der Waals surface area contributed by atoms with Gasteiger partial charge in [0.15, 0.2) is 6.79 Å². The van der Waals surface area contributed by atoms with Crippen molar-refractivity contribution in [3.05, 3.63) is 70.5 Å². The molecule has 128 valence electrons. The topological polar surface area (TPSA) is 66.8 Å². The molecule has 6 nitrogen and oxygen atoms in total. The molecule has 6 heteroatoms. The van der Waals surface area contributed by atoms with Gasteiger partial charge in [-0.3, -0.25) is 4.79 Å². The number of methoxy groups -OCH3 is 2.